The summed E-state index contributed by atoms with van der Waals surface area (Å²) >= 11 is 3.33. The van der Waals surface area contributed by atoms with Gasteiger partial charge in [0.05, 0.1) is 25.4 Å². The smallest absolute Gasteiger partial charge is 0.0914 e. The van der Waals surface area contributed by atoms with Crippen LogP contribution < -0.4 is 5.32 Å². The molecule has 0 spiro atoms. The molecule has 90 valence electrons. The van der Waals surface area contributed by atoms with Crippen molar-refractivity contribution in [3.8, 4) is 0 Å². The van der Waals surface area contributed by atoms with Crippen LogP contribution in [0.2, 0.25) is 0 Å². The maximum atomic E-state index is 9.84. The summed E-state index contributed by atoms with van der Waals surface area (Å²) in [5.41, 5.74) is 0.788. The molecular formula is C11H16BrNO3. The molecule has 1 unspecified atom stereocenters. The molecule has 0 bridgehead atoms. The summed E-state index contributed by atoms with van der Waals surface area (Å²) in [6.07, 6.45) is -0.655. The highest BCUT2D eigenvalue weighted by Gasteiger charge is 2.10. The van der Waals surface area contributed by atoms with Gasteiger partial charge in [-0.2, -0.15) is 0 Å². The SMILES string of the molecule is OCC(CO)NCC(O)c1cccc(Br)c1. The minimum Gasteiger partial charge on any atom is -0.395 e. The van der Waals surface area contributed by atoms with Gasteiger partial charge in [0.2, 0.25) is 0 Å². The summed E-state index contributed by atoms with van der Waals surface area (Å²) in [6, 6.07) is 7.00. The van der Waals surface area contributed by atoms with Crippen molar-refractivity contribution < 1.29 is 15.3 Å². The Balaban J connectivity index is 2.49. The van der Waals surface area contributed by atoms with Gasteiger partial charge < -0.3 is 20.6 Å². The van der Waals surface area contributed by atoms with Crippen molar-refractivity contribution in [2.45, 2.75) is 12.1 Å². The molecule has 4 N–H and O–H groups in total. The zero-order valence-corrected chi connectivity index (χ0v) is 10.4. The summed E-state index contributed by atoms with van der Waals surface area (Å²) in [4.78, 5) is 0. The Morgan fingerprint density at radius 2 is 1.94 bits per heavy atom. The summed E-state index contributed by atoms with van der Waals surface area (Å²) in [6.45, 7) is -0.00829. The molecule has 0 heterocycles. The molecule has 16 heavy (non-hydrogen) atoms. The van der Waals surface area contributed by atoms with Crippen molar-refractivity contribution in [2.75, 3.05) is 19.8 Å². The zero-order chi connectivity index (χ0) is 12.0. The van der Waals surface area contributed by atoms with Crippen molar-refractivity contribution in [1.82, 2.24) is 5.32 Å². The van der Waals surface area contributed by atoms with Crippen LogP contribution in [0.4, 0.5) is 0 Å². The largest absolute Gasteiger partial charge is 0.395 e. The zero-order valence-electron chi connectivity index (χ0n) is 8.81. The number of halogens is 1. The van der Waals surface area contributed by atoms with E-state index in [0.29, 0.717) is 6.54 Å². The topological polar surface area (TPSA) is 72.7 Å². The van der Waals surface area contributed by atoms with Crippen LogP contribution in [0.15, 0.2) is 28.7 Å². The first-order chi connectivity index (χ1) is 7.67. The van der Waals surface area contributed by atoms with Gasteiger partial charge in [0.15, 0.2) is 0 Å². The van der Waals surface area contributed by atoms with Gasteiger partial charge in [-0.05, 0) is 17.7 Å². The van der Waals surface area contributed by atoms with Gasteiger partial charge in [-0.15, -0.1) is 0 Å². The Bertz CT molecular complexity index is 318. The first-order valence-corrected chi connectivity index (χ1v) is 5.85. The minimum absolute atomic E-state index is 0.151. The van der Waals surface area contributed by atoms with Crippen LogP contribution in [-0.2, 0) is 0 Å². The molecule has 5 heteroatoms. The lowest BCUT2D eigenvalue weighted by molar-refractivity contribution is 0.135. The Labute approximate surface area is 103 Å². The summed E-state index contributed by atoms with van der Waals surface area (Å²) in [7, 11) is 0. The molecule has 1 atom stereocenters. The quantitative estimate of drug-likeness (QED) is 0.613. The first kappa shape index (κ1) is 13.6. The number of hydrogen-bond acceptors (Lipinski definition) is 4. The standard InChI is InChI=1S/C11H16BrNO3/c12-9-3-1-2-8(4-9)11(16)5-13-10(6-14)7-15/h1-4,10-11,13-16H,5-7H2. The number of hydrogen-bond donors (Lipinski definition) is 4. The van der Waals surface area contributed by atoms with Gasteiger partial charge in [0, 0.05) is 11.0 Å². The molecule has 1 aromatic rings. The van der Waals surface area contributed by atoms with E-state index in [1.807, 2.05) is 24.3 Å². The van der Waals surface area contributed by atoms with Gasteiger partial charge in [0.25, 0.3) is 0 Å². The van der Waals surface area contributed by atoms with E-state index < -0.39 is 6.10 Å². The van der Waals surface area contributed by atoms with Crippen molar-refractivity contribution >= 4 is 15.9 Å². The highest BCUT2D eigenvalue weighted by Crippen LogP contribution is 2.17. The van der Waals surface area contributed by atoms with E-state index in [1.54, 1.807) is 0 Å². The lowest BCUT2D eigenvalue weighted by Gasteiger charge is -2.17. The second kappa shape index (κ2) is 6.98. The van der Waals surface area contributed by atoms with Gasteiger partial charge in [-0.3, -0.25) is 0 Å². The van der Waals surface area contributed by atoms with E-state index in [4.69, 9.17) is 10.2 Å². The van der Waals surface area contributed by atoms with Crippen LogP contribution in [0.25, 0.3) is 0 Å². The molecule has 0 aromatic heterocycles. The fourth-order valence-electron chi connectivity index (χ4n) is 1.30. The third kappa shape index (κ3) is 4.19. The Morgan fingerprint density at radius 3 is 2.50 bits per heavy atom. The van der Waals surface area contributed by atoms with E-state index >= 15 is 0 Å². The summed E-state index contributed by atoms with van der Waals surface area (Å²) in [5, 5.41) is 30.4. The van der Waals surface area contributed by atoms with E-state index in [2.05, 4.69) is 21.2 Å². The van der Waals surface area contributed by atoms with Crippen LogP contribution in [0.3, 0.4) is 0 Å². The van der Waals surface area contributed by atoms with Crippen LogP contribution in [0.5, 0.6) is 0 Å². The predicted molar refractivity (Wildman–Crippen MR) is 65.1 cm³/mol. The summed E-state index contributed by atoms with van der Waals surface area (Å²) in [5.74, 6) is 0. The average Bonchev–Trinajstić information content (AvgIpc) is 2.30. The third-order valence-electron chi connectivity index (χ3n) is 2.27. The van der Waals surface area contributed by atoms with Crippen molar-refractivity contribution in [2.24, 2.45) is 0 Å². The van der Waals surface area contributed by atoms with Gasteiger partial charge in [-0.25, -0.2) is 0 Å². The number of aliphatic hydroxyl groups is 3. The number of nitrogens with one attached hydrogen (secondary N) is 1. The second-order valence-corrected chi connectivity index (χ2v) is 4.46. The fraction of sp³-hybridized carbons (Fsp3) is 0.455. The number of benzene rings is 1. The van der Waals surface area contributed by atoms with Gasteiger partial charge in [0.1, 0.15) is 0 Å². The molecule has 0 aliphatic heterocycles. The molecule has 0 radical (unpaired) electrons. The number of rotatable bonds is 6. The first-order valence-electron chi connectivity index (χ1n) is 5.06. The van der Waals surface area contributed by atoms with E-state index in [-0.39, 0.29) is 19.3 Å². The molecular weight excluding hydrogens is 274 g/mol. The van der Waals surface area contributed by atoms with Crippen LogP contribution in [-0.4, -0.2) is 41.1 Å². The lowest BCUT2D eigenvalue weighted by Crippen LogP contribution is -2.38. The Kier molecular flexibility index (Phi) is 5.94. The molecule has 0 fully saturated rings. The maximum absolute atomic E-state index is 9.84. The van der Waals surface area contributed by atoms with Gasteiger partial charge >= 0.3 is 0 Å². The van der Waals surface area contributed by atoms with Crippen LogP contribution in [0.1, 0.15) is 11.7 Å². The molecule has 0 saturated heterocycles. The van der Waals surface area contributed by atoms with Crippen molar-refractivity contribution in [3.05, 3.63) is 34.3 Å². The van der Waals surface area contributed by atoms with Crippen molar-refractivity contribution in [3.63, 3.8) is 0 Å². The number of aliphatic hydroxyl groups excluding tert-OH is 3. The fourth-order valence-corrected chi connectivity index (χ4v) is 1.71. The third-order valence-corrected chi connectivity index (χ3v) is 2.77. The van der Waals surface area contributed by atoms with Crippen molar-refractivity contribution in [1.29, 1.82) is 0 Å². The average molecular weight is 290 g/mol. The highest BCUT2D eigenvalue weighted by molar-refractivity contribution is 9.10. The Hall–Kier alpha value is -0.460. The second-order valence-electron chi connectivity index (χ2n) is 3.54. The minimum atomic E-state index is -0.655. The predicted octanol–water partition coefficient (Wildman–Crippen LogP) is 0.425. The molecule has 1 rings (SSSR count). The maximum Gasteiger partial charge on any atom is 0.0914 e. The lowest BCUT2D eigenvalue weighted by atomic mass is 10.1. The van der Waals surface area contributed by atoms with Crippen LogP contribution >= 0.6 is 15.9 Å². The molecule has 0 aliphatic rings. The monoisotopic (exact) mass is 289 g/mol. The van der Waals surface area contributed by atoms with Gasteiger partial charge in [-0.1, -0.05) is 28.1 Å². The highest BCUT2D eigenvalue weighted by atomic mass is 79.9. The van der Waals surface area contributed by atoms with E-state index in [9.17, 15) is 5.11 Å². The molecule has 4 nitrogen and oxygen atoms in total. The Morgan fingerprint density at radius 1 is 1.25 bits per heavy atom. The normalized spacial score (nSPS) is 13.1. The summed E-state index contributed by atoms with van der Waals surface area (Å²) < 4.78 is 0.907. The molecule has 1 aromatic carbocycles. The van der Waals surface area contributed by atoms with E-state index in [0.717, 1.165) is 10.0 Å². The van der Waals surface area contributed by atoms with Crippen LogP contribution in [0, 0.1) is 0 Å². The molecule has 0 amide bonds. The molecule has 0 aliphatic carbocycles. The van der Waals surface area contributed by atoms with E-state index in [1.165, 1.54) is 0 Å². The molecule has 0 saturated carbocycles.